The number of carbonyl (C=O) groups excluding carboxylic acids is 1. The van der Waals surface area contributed by atoms with Gasteiger partial charge in [0.05, 0.1) is 18.8 Å². The number of carbonyl (C=O) groups is 1. The topological polar surface area (TPSA) is 69.6 Å². The molecule has 0 aliphatic carbocycles. The second kappa shape index (κ2) is 61.4. The first-order valence-electron chi connectivity index (χ1n) is 30.6. The SMILES string of the molecule is CC/C=C\C/C=C\C/C=C\C/C=C\C/C=C\C/C=C\CCCCCCCCCCCCCCCCCCCCC(=O)NC(CO)C(O)/C=C/CC/C=C/CC/C=C/CCCCCCCCCCCCCC. The molecule has 0 rings (SSSR count). The third-order valence-electron chi connectivity index (χ3n) is 13.5. The van der Waals surface area contributed by atoms with Gasteiger partial charge in [-0.15, -0.1) is 0 Å². The van der Waals surface area contributed by atoms with Crippen LogP contribution < -0.4 is 5.32 Å². The number of aliphatic hydroxyl groups is 2. The molecule has 1 amide bonds. The second-order valence-corrected chi connectivity index (χ2v) is 20.4. The molecule has 71 heavy (non-hydrogen) atoms. The van der Waals surface area contributed by atoms with E-state index in [-0.39, 0.29) is 12.5 Å². The quantitative estimate of drug-likeness (QED) is 0.0420. The van der Waals surface area contributed by atoms with E-state index < -0.39 is 12.1 Å². The minimum absolute atomic E-state index is 0.0778. The largest absolute Gasteiger partial charge is 0.394 e. The summed E-state index contributed by atoms with van der Waals surface area (Å²) in [5, 5.41) is 23.2. The number of hydrogen-bond acceptors (Lipinski definition) is 3. The predicted octanol–water partition coefficient (Wildman–Crippen LogP) is 20.6. The average molecular weight is 985 g/mol. The van der Waals surface area contributed by atoms with Crippen LogP contribution in [-0.4, -0.2) is 34.9 Å². The highest BCUT2D eigenvalue weighted by atomic mass is 16.3. The standard InChI is InChI=1S/C67H117NO3/c1-3-5-7-9-11-13-15-17-19-21-23-25-27-28-29-30-31-32-33-34-35-36-37-38-39-40-41-43-45-47-49-51-53-55-57-59-61-63-67(71)68-65(64-69)66(70)62-60-58-56-54-52-50-48-46-44-42-26-24-22-20-18-16-14-12-10-8-6-4-2/h5,7,11,13,17,19,23,25,28-29,31-32,44,46,52,54,60,62,65-66,69-70H,3-4,6,8-10,12,14-16,18,20-22,24,26-27,30,33-43,45,47-51,53,55-59,61,63-64H2,1-2H3,(H,68,71)/b7-5-,13-11-,19-17-,25-23-,29-28-,32-31-,46-44+,54-52+,62-60+. The molecular weight excluding hydrogens is 867 g/mol. The van der Waals surface area contributed by atoms with Crippen molar-refractivity contribution < 1.29 is 15.0 Å². The van der Waals surface area contributed by atoms with Crippen molar-refractivity contribution >= 4 is 5.91 Å². The highest BCUT2D eigenvalue weighted by Gasteiger charge is 2.18. The summed E-state index contributed by atoms with van der Waals surface area (Å²) in [4.78, 5) is 12.5. The maximum absolute atomic E-state index is 12.5. The van der Waals surface area contributed by atoms with E-state index in [1.54, 1.807) is 6.08 Å². The van der Waals surface area contributed by atoms with Gasteiger partial charge < -0.3 is 15.5 Å². The molecule has 0 aliphatic rings. The Hall–Kier alpha value is -2.95. The number of unbranched alkanes of at least 4 members (excludes halogenated alkanes) is 32. The van der Waals surface area contributed by atoms with Gasteiger partial charge in [0.1, 0.15) is 0 Å². The maximum atomic E-state index is 12.5. The van der Waals surface area contributed by atoms with Crippen LogP contribution in [0.3, 0.4) is 0 Å². The summed E-state index contributed by atoms with van der Waals surface area (Å²) < 4.78 is 0. The van der Waals surface area contributed by atoms with Crippen molar-refractivity contribution in [2.45, 2.75) is 302 Å². The van der Waals surface area contributed by atoms with Gasteiger partial charge in [-0.3, -0.25) is 4.79 Å². The van der Waals surface area contributed by atoms with E-state index in [0.717, 1.165) is 77.0 Å². The van der Waals surface area contributed by atoms with Crippen molar-refractivity contribution in [1.82, 2.24) is 5.32 Å². The van der Waals surface area contributed by atoms with Gasteiger partial charge in [-0.2, -0.15) is 0 Å². The Labute approximate surface area is 442 Å². The Balaban J connectivity index is 3.54. The first kappa shape index (κ1) is 68.0. The monoisotopic (exact) mass is 984 g/mol. The molecule has 0 aromatic heterocycles. The molecule has 0 saturated carbocycles. The van der Waals surface area contributed by atoms with Crippen molar-refractivity contribution in [3.63, 3.8) is 0 Å². The second-order valence-electron chi connectivity index (χ2n) is 20.4. The molecule has 0 saturated heterocycles. The number of allylic oxidation sites excluding steroid dienone is 17. The van der Waals surface area contributed by atoms with Gasteiger partial charge in [-0.25, -0.2) is 0 Å². The lowest BCUT2D eigenvalue weighted by Gasteiger charge is -2.19. The molecule has 4 heteroatoms. The summed E-state index contributed by atoms with van der Waals surface area (Å²) in [7, 11) is 0. The van der Waals surface area contributed by atoms with E-state index in [9.17, 15) is 15.0 Å². The van der Waals surface area contributed by atoms with E-state index in [2.05, 4.69) is 116 Å². The first-order chi connectivity index (χ1) is 35.2. The summed E-state index contributed by atoms with van der Waals surface area (Å²) in [6.07, 6.45) is 92.7. The minimum Gasteiger partial charge on any atom is -0.394 e. The van der Waals surface area contributed by atoms with Gasteiger partial charge in [0.15, 0.2) is 0 Å². The minimum atomic E-state index is -0.875. The van der Waals surface area contributed by atoms with E-state index in [4.69, 9.17) is 0 Å². The molecule has 0 heterocycles. The first-order valence-corrected chi connectivity index (χ1v) is 30.6. The van der Waals surface area contributed by atoms with E-state index in [1.807, 2.05) is 6.08 Å². The lowest BCUT2D eigenvalue weighted by molar-refractivity contribution is -0.123. The van der Waals surface area contributed by atoms with Crippen LogP contribution in [0.25, 0.3) is 0 Å². The number of nitrogens with one attached hydrogen (secondary N) is 1. The molecule has 0 spiro atoms. The maximum Gasteiger partial charge on any atom is 0.220 e. The fourth-order valence-corrected chi connectivity index (χ4v) is 8.86. The van der Waals surface area contributed by atoms with Crippen LogP contribution in [0.4, 0.5) is 0 Å². The zero-order chi connectivity index (χ0) is 51.3. The summed E-state index contributed by atoms with van der Waals surface area (Å²) >= 11 is 0. The molecule has 0 radical (unpaired) electrons. The third-order valence-corrected chi connectivity index (χ3v) is 13.5. The van der Waals surface area contributed by atoms with Crippen molar-refractivity contribution in [2.75, 3.05) is 6.61 Å². The van der Waals surface area contributed by atoms with Crippen LogP contribution >= 0.6 is 0 Å². The van der Waals surface area contributed by atoms with Gasteiger partial charge in [0.25, 0.3) is 0 Å². The fourth-order valence-electron chi connectivity index (χ4n) is 8.86. The number of rotatable bonds is 55. The Kier molecular flexibility index (Phi) is 58.8. The van der Waals surface area contributed by atoms with Gasteiger partial charge >= 0.3 is 0 Å². The zero-order valence-corrected chi connectivity index (χ0v) is 47.0. The predicted molar refractivity (Wildman–Crippen MR) is 317 cm³/mol. The molecular formula is C67H117NO3. The molecule has 0 fully saturated rings. The zero-order valence-electron chi connectivity index (χ0n) is 47.0. The van der Waals surface area contributed by atoms with Crippen LogP contribution in [0.1, 0.15) is 290 Å². The molecule has 0 bridgehead atoms. The number of hydrogen-bond donors (Lipinski definition) is 3. The molecule has 408 valence electrons. The summed E-state index contributed by atoms with van der Waals surface area (Å²) in [6, 6.07) is -0.651. The average Bonchev–Trinajstić information content (AvgIpc) is 3.37. The van der Waals surface area contributed by atoms with Crippen LogP contribution in [-0.2, 0) is 4.79 Å². The summed E-state index contributed by atoms with van der Waals surface area (Å²) in [5.41, 5.74) is 0. The summed E-state index contributed by atoms with van der Waals surface area (Å²) in [6.45, 7) is 4.19. The smallest absolute Gasteiger partial charge is 0.220 e. The molecule has 2 atom stereocenters. The van der Waals surface area contributed by atoms with E-state index in [1.165, 1.54) is 193 Å². The van der Waals surface area contributed by atoms with Crippen molar-refractivity contribution in [2.24, 2.45) is 0 Å². The molecule has 2 unspecified atom stereocenters. The number of amides is 1. The highest BCUT2D eigenvalue weighted by molar-refractivity contribution is 5.76. The Bertz CT molecular complexity index is 1350. The lowest BCUT2D eigenvalue weighted by atomic mass is 10.0. The van der Waals surface area contributed by atoms with Crippen molar-refractivity contribution in [1.29, 1.82) is 0 Å². The molecule has 3 N–H and O–H groups in total. The van der Waals surface area contributed by atoms with Gasteiger partial charge in [-0.1, -0.05) is 297 Å². The van der Waals surface area contributed by atoms with Crippen LogP contribution in [0.5, 0.6) is 0 Å². The van der Waals surface area contributed by atoms with Crippen LogP contribution in [0.15, 0.2) is 109 Å². The van der Waals surface area contributed by atoms with Gasteiger partial charge in [0.2, 0.25) is 5.91 Å². The van der Waals surface area contributed by atoms with Crippen molar-refractivity contribution in [3.8, 4) is 0 Å². The third kappa shape index (κ3) is 57.8. The number of aliphatic hydroxyl groups excluding tert-OH is 2. The lowest BCUT2D eigenvalue weighted by Crippen LogP contribution is -2.45. The normalized spacial score (nSPS) is 13.6. The van der Waals surface area contributed by atoms with Gasteiger partial charge in [0, 0.05) is 6.42 Å². The van der Waals surface area contributed by atoms with Gasteiger partial charge in [-0.05, 0) is 96.3 Å². The van der Waals surface area contributed by atoms with Crippen molar-refractivity contribution in [3.05, 3.63) is 109 Å². The molecule has 0 aromatic carbocycles. The summed E-state index contributed by atoms with van der Waals surface area (Å²) in [5.74, 6) is -0.0778. The van der Waals surface area contributed by atoms with Crippen LogP contribution in [0.2, 0.25) is 0 Å². The fraction of sp³-hybridized carbons (Fsp3) is 0.716. The molecule has 0 aromatic rings. The van der Waals surface area contributed by atoms with Crippen LogP contribution in [0, 0.1) is 0 Å². The van der Waals surface area contributed by atoms with E-state index in [0.29, 0.717) is 6.42 Å². The molecule has 0 aliphatic heterocycles. The Morgan fingerprint density at radius 1 is 0.352 bits per heavy atom. The van der Waals surface area contributed by atoms with E-state index >= 15 is 0 Å². The molecule has 4 nitrogen and oxygen atoms in total. The Morgan fingerprint density at radius 2 is 0.634 bits per heavy atom. The highest BCUT2D eigenvalue weighted by Crippen LogP contribution is 2.16. The Morgan fingerprint density at radius 3 is 0.986 bits per heavy atom.